The van der Waals surface area contributed by atoms with E-state index in [-0.39, 0.29) is 0 Å². The minimum atomic E-state index is -0.656. The second-order valence-electron chi connectivity index (χ2n) is 3.90. The van der Waals surface area contributed by atoms with Gasteiger partial charge in [-0.05, 0) is 50.1 Å². The van der Waals surface area contributed by atoms with E-state index in [2.05, 4.69) is 22.0 Å². The van der Waals surface area contributed by atoms with Crippen molar-refractivity contribution in [3.63, 3.8) is 0 Å². The van der Waals surface area contributed by atoms with Crippen molar-refractivity contribution >= 4 is 18.3 Å². The lowest BCUT2D eigenvalue weighted by Crippen LogP contribution is -2.04. The third kappa shape index (κ3) is 4.68. The van der Waals surface area contributed by atoms with Gasteiger partial charge in [-0.15, -0.1) is 0 Å². The highest BCUT2D eigenvalue weighted by Crippen LogP contribution is 2.11. The predicted octanol–water partition coefficient (Wildman–Crippen LogP) is 3.54. The van der Waals surface area contributed by atoms with Crippen LogP contribution < -0.4 is 5.32 Å². The molecule has 0 aliphatic carbocycles. The van der Waals surface area contributed by atoms with Crippen molar-refractivity contribution in [3.8, 4) is 0 Å². The first-order valence-electron chi connectivity index (χ1n) is 6.02. The smallest absolute Gasteiger partial charge is 0.220 e. The van der Waals surface area contributed by atoms with Crippen LogP contribution in [0.2, 0.25) is 0 Å². The number of benzene rings is 1. The van der Waals surface area contributed by atoms with Gasteiger partial charge in [-0.25, -0.2) is 9.98 Å². The van der Waals surface area contributed by atoms with Crippen LogP contribution in [0.25, 0.3) is 0 Å². The summed E-state index contributed by atoms with van der Waals surface area (Å²) < 4.78 is 18.1. The van der Waals surface area contributed by atoms with Crippen molar-refractivity contribution in [2.75, 3.05) is 19.5 Å². The van der Waals surface area contributed by atoms with Crippen LogP contribution in [0.3, 0.4) is 0 Å². The van der Waals surface area contributed by atoms with E-state index in [1.807, 2.05) is 31.3 Å². The van der Waals surface area contributed by atoms with E-state index in [0.29, 0.717) is 11.6 Å². The van der Waals surface area contributed by atoms with E-state index in [1.165, 1.54) is 12.2 Å². The number of rotatable bonds is 5. The van der Waals surface area contributed by atoms with Crippen molar-refractivity contribution < 1.29 is 9.13 Å². The molecule has 0 amide bonds. The Morgan fingerprint density at radius 3 is 2.45 bits per heavy atom. The van der Waals surface area contributed by atoms with Crippen molar-refractivity contribution in [1.29, 1.82) is 0 Å². The lowest BCUT2D eigenvalue weighted by atomic mass is 10.2. The van der Waals surface area contributed by atoms with Gasteiger partial charge < -0.3 is 10.1 Å². The minimum absolute atomic E-state index is 0.460. The highest BCUT2D eigenvalue weighted by molar-refractivity contribution is 5.95. The first kappa shape index (κ1) is 15.6. The van der Waals surface area contributed by atoms with Gasteiger partial charge in [0.1, 0.15) is 0 Å². The quantitative estimate of drug-likeness (QED) is 0.387. The van der Waals surface area contributed by atoms with E-state index < -0.39 is 5.95 Å². The number of anilines is 1. The zero-order chi connectivity index (χ0) is 15.0. The fourth-order valence-corrected chi connectivity index (χ4v) is 1.45. The Hall–Kier alpha value is -2.43. The molecule has 0 bridgehead atoms. The molecular formula is C15H18FN3O. The van der Waals surface area contributed by atoms with Gasteiger partial charge in [0.25, 0.3) is 0 Å². The molecule has 0 heterocycles. The SMILES string of the molecule is C=N/C(F)=C\C=C(/C)N=C(OC)c1ccc(NC)cc1. The number of aliphatic imine (C=N–C) groups is 2. The maximum Gasteiger partial charge on any atom is 0.220 e. The van der Waals surface area contributed by atoms with Crippen LogP contribution in [0.4, 0.5) is 10.1 Å². The number of nitrogens with one attached hydrogen (secondary N) is 1. The van der Waals surface area contributed by atoms with Crippen LogP contribution in [-0.2, 0) is 4.74 Å². The summed E-state index contributed by atoms with van der Waals surface area (Å²) in [7, 11) is 3.39. The van der Waals surface area contributed by atoms with Gasteiger partial charge in [0, 0.05) is 24.0 Å². The molecule has 1 aromatic carbocycles. The van der Waals surface area contributed by atoms with Gasteiger partial charge in [-0.3, -0.25) is 0 Å². The van der Waals surface area contributed by atoms with Gasteiger partial charge in [0.2, 0.25) is 11.8 Å². The molecule has 0 unspecified atom stereocenters. The monoisotopic (exact) mass is 275 g/mol. The maximum absolute atomic E-state index is 12.8. The summed E-state index contributed by atoms with van der Waals surface area (Å²) in [5, 5.41) is 3.03. The Balaban J connectivity index is 2.99. The van der Waals surface area contributed by atoms with E-state index in [9.17, 15) is 4.39 Å². The molecule has 1 aromatic rings. The topological polar surface area (TPSA) is 46.0 Å². The molecule has 1 N–H and O–H groups in total. The summed E-state index contributed by atoms with van der Waals surface area (Å²) >= 11 is 0. The zero-order valence-corrected chi connectivity index (χ0v) is 11.9. The fraction of sp³-hybridized carbons (Fsp3) is 0.200. The summed E-state index contributed by atoms with van der Waals surface area (Å²) in [6, 6.07) is 7.63. The Bertz CT molecular complexity index is 545. The van der Waals surface area contributed by atoms with Crippen molar-refractivity contribution in [1.82, 2.24) is 0 Å². The van der Waals surface area contributed by atoms with Gasteiger partial charge in [0.15, 0.2) is 0 Å². The molecule has 0 radical (unpaired) electrons. The molecule has 106 valence electrons. The highest BCUT2D eigenvalue weighted by Gasteiger charge is 2.03. The molecule has 0 atom stereocenters. The zero-order valence-electron chi connectivity index (χ0n) is 11.9. The minimum Gasteiger partial charge on any atom is -0.481 e. The third-order valence-electron chi connectivity index (χ3n) is 2.50. The lowest BCUT2D eigenvalue weighted by Gasteiger charge is -2.06. The summed E-state index contributed by atoms with van der Waals surface area (Å²) in [6.45, 7) is 4.83. The van der Waals surface area contributed by atoms with Crippen LogP contribution in [0.1, 0.15) is 12.5 Å². The largest absolute Gasteiger partial charge is 0.481 e. The fourth-order valence-electron chi connectivity index (χ4n) is 1.45. The lowest BCUT2D eigenvalue weighted by molar-refractivity contribution is 0.404. The van der Waals surface area contributed by atoms with E-state index >= 15 is 0 Å². The molecule has 5 heteroatoms. The summed E-state index contributed by atoms with van der Waals surface area (Å²) in [4.78, 5) is 7.44. The number of ether oxygens (including phenoxy) is 1. The normalized spacial score (nSPS) is 13.1. The third-order valence-corrected chi connectivity index (χ3v) is 2.50. The average Bonchev–Trinajstić information content (AvgIpc) is 2.50. The van der Waals surface area contributed by atoms with Gasteiger partial charge >= 0.3 is 0 Å². The van der Waals surface area contributed by atoms with Gasteiger partial charge in [-0.2, -0.15) is 4.39 Å². The number of hydrogen-bond acceptors (Lipinski definition) is 4. The van der Waals surface area contributed by atoms with Crippen molar-refractivity contribution in [3.05, 3.63) is 53.6 Å². The van der Waals surface area contributed by atoms with Crippen LogP contribution in [0, 0.1) is 0 Å². The van der Waals surface area contributed by atoms with Crippen LogP contribution in [-0.4, -0.2) is 26.8 Å². The van der Waals surface area contributed by atoms with Gasteiger partial charge in [0.05, 0.1) is 7.11 Å². The number of hydrogen-bond donors (Lipinski definition) is 1. The van der Waals surface area contributed by atoms with Crippen LogP contribution >= 0.6 is 0 Å². The second kappa shape index (κ2) is 7.89. The number of methoxy groups -OCH3 is 1. The molecule has 20 heavy (non-hydrogen) atoms. The standard InChI is InChI=1S/C15H18FN3O/c1-11(5-10-14(16)18-3)19-15(20-4)12-6-8-13(17-2)9-7-12/h5-10,17H,3H2,1-2,4H3/b11-5+,14-10-,19-15?. The van der Waals surface area contributed by atoms with Crippen LogP contribution in [0.5, 0.6) is 0 Å². The molecule has 0 saturated heterocycles. The Kier molecular flexibility index (Phi) is 6.16. The summed E-state index contributed by atoms with van der Waals surface area (Å²) in [6.07, 6.45) is 2.70. The molecule has 4 nitrogen and oxygen atoms in total. The van der Waals surface area contributed by atoms with E-state index in [1.54, 1.807) is 14.0 Å². The molecule has 0 fully saturated rings. The highest BCUT2D eigenvalue weighted by atomic mass is 19.1. The number of halogens is 1. The molecule has 0 saturated carbocycles. The molecule has 0 aromatic heterocycles. The van der Waals surface area contributed by atoms with Crippen LogP contribution in [0.15, 0.2) is 58.1 Å². The molecular weight excluding hydrogens is 257 g/mol. The molecule has 0 aliphatic heterocycles. The Labute approximate surface area is 118 Å². The Morgan fingerprint density at radius 2 is 1.95 bits per heavy atom. The second-order valence-corrected chi connectivity index (χ2v) is 3.90. The summed E-state index contributed by atoms with van der Waals surface area (Å²) in [5.41, 5.74) is 2.43. The number of allylic oxidation sites excluding steroid dienone is 3. The predicted molar refractivity (Wildman–Crippen MR) is 82.0 cm³/mol. The molecule has 0 aliphatic rings. The first-order chi connectivity index (χ1) is 9.60. The molecule has 1 rings (SSSR count). The average molecular weight is 275 g/mol. The van der Waals surface area contributed by atoms with E-state index in [0.717, 1.165) is 11.3 Å². The number of nitrogens with zero attached hydrogens (tertiary/aromatic N) is 2. The van der Waals surface area contributed by atoms with E-state index in [4.69, 9.17) is 4.74 Å². The Morgan fingerprint density at radius 1 is 1.30 bits per heavy atom. The summed E-state index contributed by atoms with van der Waals surface area (Å²) in [5.74, 6) is -0.196. The molecule has 0 spiro atoms. The van der Waals surface area contributed by atoms with Crippen molar-refractivity contribution in [2.24, 2.45) is 9.98 Å². The first-order valence-corrected chi connectivity index (χ1v) is 6.02. The maximum atomic E-state index is 12.8. The van der Waals surface area contributed by atoms with Gasteiger partial charge in [-0.1, -0.05) is 0 Å². The van der Waals surface area contributed by atoms with Crippen molar-refractivity contribution in [2.45, 2.75) is 6.92 Å².